The maximum atomic E-state index is 14.2. The average Bonchev–Trinajstić information content (AvgIpc) is 3.28. The van der Waals surface area contributed by atoms with Gasteiger partial charge in [0.1, 0.15) is 35.0 Å². The van der Waals surface area contributed by atoms with E-state index in [0.717, 1.165) is 37.8 Å². The number of carbonyl (C=O) groups is 3. The van der Waals surface area contributed by atoms with Crippen LogP contribution in [0.3, 0.4) is 0 Å². The summed E-state index contributed by atoms with van der Waals surface area (Å²) in [6.07, 6.45) is 5.76. The van der Waals surface area contributed by atoms with E-state index in [-0.39, 0.29) is 36.7 Å². The SMILES string of the molecule is CC(=O)[C@@H]1[C@H](C)[C@@H]2CN1C(=O)[C@H](C(C)(C)C)NC(=O)O[C@]1(C)C[C@H]1CCCCCc1nc3ccc(OCc4ncc(C)o4)cc3nc1O2. The van der Waals surface area contributed by atoms with Crippen molar-refractivity contribution < 1.29 is 33.0 Å². The second-order valence-corrected chi connectivity index (χ2v) is 15.0. The van der Waals surface area contributed by atoms with Crippen LogP contribution in [0.4, 0.5) is 4.79 Å². The molecule has 1 saturated heterocycles. The highest BCUT2D eigenvalue weighted by molar-refractivity contribution is 5.92. The molecule has 2 fully saturated rings. The topological polar surface area (TPSA) is 146 Å². The monoisotopic (exact) mass is 661 g/mol. The van der Waals surface area contributed by atoms with Crippen LogP contribution in [0.15, 0.2) is 28.8 Å². The first-order valence-corrected chi connectivity index (χ1v) is 17.0. The second-order valence-electron chi connectivity index (χ2n) is 15.0. The Morgan fingerprint density at radius 3 is 2.65 bits per heavy atom. The Labute approximate surface area is 281 Å². The molecule has 1 aliphatic carbocycles. The first-order valence-electron chi connectivity index (χ1n) is 17.0. The van der Waals surface area contributed by atoms with Gasteiger partial charge in [-0.3, -0.25) is 9.59 Å². The van der Waals surface area contributed by atoms with Gasteiger partial charge in [-0.15, -0.1) is 0 Å². The number of rotatable bonds is 4. The Morgan fingerprint density at radius 1 is 1.15 bits per heavy atom. The van der Waals surface area contributed by atoms with Crippen LogP contribution in [0.5, 0.6) is 11.6 Å². The fraction of sp³-hybridized carbons (Fsp3) is 0.611. The fourth-order valence-electron chi connectivity index (χ4n) is 7.08. The first kappa shape index (κ1) is 33.7. The highest BCUT2D eigenvalue weighted by Gasteiger charge is 2.54. The van der Waals surface area contributed by atoms with Crippen LogP contribution in [0.2, 0.25) is 0 Å². The molecule has 12 nitrogen and oxygen atoms in total. The molecule has 6 rings (SSSR count). The molecule has 6 atom stereocenters. The number of ether oxygens (including phenoxy) is 3. The summed E-state index contributed by atoms with van der Waals surface area (Å²) in [6.45, 7) is 13.2. The molecule has 2 aliphatic heterocycles. The summed E-state index contributed by atoms with van der Waals surface area (Å²) in [5, 5.41) is 2.86. The third kappa shape index (κ3) is 7.12. The lowest BCUT2D eigenvalue weighted by molar-refractivity contribution is -0.141. The van der Waals surface area contributed by atoms with E-state index in [1.807, 2.05) is 59.7 Å². The van der Waals surface area contributed by atoms with Crippen molar-refractivity contribution in [2.45, 2.75) is 117 Å². The lowest BCUT2D eigenvalue weighted by Crippen LogP contribution is -2.57. The zero-order valence-corrected chi connectivity index (χ0v) is 29.0. The molecule has 1 aromatic carbocycles. The Balaban J connectivity index is 1.32. The van der Waals surface area contributed by atoms with Crippen LogP contribution in [0, 0.1) is 24.2 Å². The van der Waals surface area contributed by atoms with Crippen molar-refractivity contribution in [2.24, 2.45) is 17.3 Å². The van der Waals surface area contributed by atoms with Gasteiger partial charge in [0, 0.05) is 17.9 Å². The number of amides is 2. The van der Waals surface area contributed by atoms with Gasteiger partial charge < -0.3 is 28.8 Å². The van der Waals surface area contributed by atoms with Gasteiger partial charge in [-0.05, 0) is 64.0 Å². The van der Waals surface area contributed by atoms with Crippen LogP contribution in [-0.4, -0.2) is 68.0 Å². The summed E-state index contributed by atoms with van der Waals surface area (Å²) in [5.41, 5.74) is 0.862. The number of aromatic nitrogens is 3. The predicted molar refractivity (Wildman–Crippen MR) is 176 cm³/mol. The number of benzene rings is 1. The number of carbonyl (C=O) groups excluding carboxylic acids is 3. The lowest BCUT2D eigenvalue weighted by Gasteiger charge is -2.35. The Morgan fingerprint density at radius 2 is 1.94 bits per heavy atom. The molecule has 258 valence electrons. The summed E-state index contributed by atoms with van der Waals surface area (Å²) in [7, 11) is 0. The van der Waals surface area contributed by atoms with Crippen LogP contribution < -0.4 is 14.8 Å². The number of nitrogens with zero attached hydrogens (tertiary/aromatic N) is 4. The summed E-state index contributed by atoms with van der Waals surface area (Å²) in [4.78, 5) is 56.1. The van der Waals surface area contributed by atoms with Crippen LogP contribution in [-0.2, 0) is 27.4 Å². The third-order valence-corrected chi connectivity index (χ3v) is 9.98. The van der Waals surface area contributed by atoms with Crippen molar-refractivity contribution in [3.05, 3.63) is 41.7 Å². The summed E-state index contributed by atoms with van der Waals surface area (Å²) in [5.74, 6) is 1.61. The van der Waals surface area contributed by atoms with Gasteiger partial charge in [0.15, 0.2) is 12.4 Å². The Kier molecular flexibility index (Phi) is 9.12. The molecule has 3 aromatic rings. The molecule has 4 heterocycles. The van der Waals surface area contributed by atoms with Crippen molar-refractivity contribution in [3.63, 3.8) is 0 Å². The maximum absolute atomic E-state index is 14.2. The number of fused-ring (bicyclic) bond motifs is 5. The summed E-state index contributed by atoms with van der Waals surface area (Å²) >= 11 is 0. The summed E-state index contributed by atoms with van der Waals surface area (Å²) in [6, 6.07) is 3.90. The van der Waals surface area contributed by atoms with Gasteiger partial charge in [0.25, 0.3) is 0 Å². The first-order chi connectivity index (χ1) is 22.7. The second kappa shape index (κ2) is 13.0. The fourth-order valence-corrected chi connectivity index (χ4v) is 7.08. The molecule has 2 amide bonds. The minimum absolute atomic E-state index is 0.149. The van der Waals surface area contributed by atoms with Gasteiger partial charge in [-0.1, -0.05) is 40.5 Å². The van der Waals surface area contributed by atoms with Crippen LogP contribution in [0.1, 0.15) is 91.0 Å². The van der Waals surface area contributed by atoms with Crippen molar-refractivity contribution in [3.8, 4) is 11.6 Å². The number of Topliss-reactive ketones (excluding diaryl/α,β-unsaturated/α-hetero) is 1. The molecule has 0 spiro atoms. The van der Waals surface area contributed by atoms with E-state index in [1.165, 1.54) is 6.92 Å². The largest absolute Gasteiger partial charge is 0.484 e. The molecule has 2 aromatic heterocycles. The minimum atomic E-state index is -0.910. The standard InChI is InChI=1S/C36H47N5O7/c1-20-17-37-29(46-20)19-45-24-13-14-25-27(15-24)39-32-26(38-25)12-10-8-9-11-23-16-36(23,7)48-34(44)40-31(35(4,5)6)33(43)41-18-28(47-32)21(2)30(41)22(3)42/h13-15,17,21,23,28,30-31H,8-12,16,18-19H2,1-7H3,(H,40,44)/t21-,23-,28+,30+,31-,36-/m1/s1. The van der Waals surface area contributed by atoms with E-state index in [0.29, 0.717) is 40.7 Å². The van der Waals surface area contributed by atoms with E-state index >= 15 is 0 Å². The molecule has 1 saturated carbocycles. The highest BCUT2D eigenvalue weighted by atomic mass is 16.6. The quantitative estimate of drug-likeness (QED) is 0.368. The smallest absolute Gasteiger partial charge is 0.408 e. The van der Waals surface area contributed by atoms with Crippen molar-refractivity contribution in [1.82, 2.24) is 25.2 Å². The average molecular weight is 662 g/mol. The number of ketones is 1. The predicted octanol–water partition coefficient (Wildman–Crippen LogP) is 5.72. The van der Waals surface area contributed by atoms with Crippen molar-refractivity contribution >= 4 is 28.8 Å². The van der Waals surface area contributed by atoms with Crippen molar-refractivity contribution in [2.75, 3.05) is 6.54 Å². The van der Waals surface area contributed by atoms with Crippen molar-refractivity contribution in [1.29, 1.82) is 0 Å². The van der Waals surface area contributed by atoms with Crippen LogP contribution in [0.25, 0.3) is 11.0 Å². The van der Waals surface area contributed by atoms with Gasteiger partial charge in [0.2, 0.25) is 17.7 Å². The number of nitrogens with one attached hydrogen (secondary N) is 1. The maximum Gasteiger partial charge on any atom is 0.408 e. The van der Waals surface area contributed by atoms with E-state index in [2.05, 4.69) is 10.3 Å². The number of hydrogen-bond acceptors (Lipinski definition) is 10. The van der Waals surface area contributed by atoms with Gasteiger partial charge in [-0.2, -0.15) is 0 Å². The Bertz CT molecular complexity index is 1700. The van der Waals surface area contributed by atoms with E-state index < -0.39 is 35.3 Å². The summed E-state index contributed by atoms with van der Waals surface area (Å²) < 4.78 is 24.0. The zero-order valence-electron chi connectivity index (χ0n) is 29.0. The van der Waals surface area contributed by atoms with Gasteiger partial charge >= 0.3 is 6.09 Å². The molecular formula is C36H47N5O7. The highest BCUT2D eigenvalue weighted by Crippen LogP contribution is 2.49. The molecule has 0 radical (unpaired) electrons. The molecule has 1 N–H and O–H groups in total. The molecule has 3 aliphatic rings. The zero-order chi connectivity index (χ0) is 34.4. The number of oxazole rings is 1. The molecule has 2 bridgehead atoms. The number of alkyl carbamates (subject to hydrolysis) is 1. The van der Waals surface area contributed by atoms with E-state index in [1.54, 1.807) is 11.1 Å². The lowest BCUT2D eigenvalue weighted by atomic mass is 9.85. The number of hydrogen-bond donors (Lipinski definition) is 1. The van der Waals surface area contributed by atoms with E-state index in [4.69, 9.17) is 28.6 Å². The van der Waals surface area contributed by atoms with Gasteiger partial charge in [0.05, 0.1) is 29.8 Å². The normalized spacial score (nSPS) is 28.3. The minimum Gasteiger partial charge on any atom is -0.484 e. The molecule has 0 unspecified atom stereocenters. The third-order valence-electron chi connectivity index (χ3n) is 9.98. The molecule has 48 heavy (non-hydrogen) atoms. The molecular weight excluding hydrogens is 614 g/mol. The Hall–Kier alpha value is -4.22. The van der Waals surface area contributed by atoms with Crippen LogP contribution >= 0.6 is 0 Å². The molecule has 12 heteroatoms. The van der Waals surface area contributed by atoms with E-state index in [9.17, 15) is 14.4 Å². The number of aryl methyl sites for hydroxylation is 2. The van der Waals surface area contributed by atoms with Gasteiger partial charge in [-0.25, -0.2) is 19.7 Å².